The van der Waals surface area contributed by atoms with E-state index in [1.54, 1.807) is 0 Å². The van der Waals surface area contributed by atoms with Crippen LogP contribution in [0.4, 0.5) is 0 Å². The summed E-state index contributed by atoms with van der Waals surface area (Å²) in [6.45, 7) is 11.2. The summed E-state index contributed by atoms with van der Waals surface area (Å²) in [6, 6.07) is 2.99. The largest absolute Gasteiger partial charge is 0.460 e. The molecule has 30 heavy (non-hydrogen) atoms. The molecule has 1 amide bonds. The van der Waals surface area contributed by atoms with Gasteiger partial charge in [-0.05, 0) is 50.5 Å². The number of amides is 1. The molecule has 0 aliphatic carbocycles. The minimum Gasteiger partial charge on any atom is -0.460 e. The molecule has 0 radical (unpaired) electrons. The van der Waals surface area contributed by atoms with Crippen LogP contribution in [-0.4, -0.2) is 72.9 Å². The number of carbonyl (C=O) groups is 2. The highest BCUT2D eigenvalue weighted by molar-refractivity contribution is 6.83. The summed E-state index contributed by atoms with van der Waals surface area (Å²) < 4.78 is 23.3. The van der Waals surface area contributed by atoms with Crippen molar-refractivity contribution in [1.29, 1.82) is 0 Å². The number of aliphatic hydroxyl groups excluding tert-OH is 1. The Bertz CT molecular complexity index is 551. The first-order valence-electron chi connectivity index (χ1n) is 10.8. The van der Waals surface area contributed by atoms with Gasteiger partial charge < -0.3 is 28.4 Å². The van der Waals surface area contributed by atoms with E-state index in [0.717, 1.165) is 56.5 Å². The number of aliphatic hydroxyl groups is 1. The first-order valence-corrected chi connectivity index (χ1v) is 16.2. The molecule has 8 nitrogen and oxygen atoms in total. The minimum absolute atomic E-state index is 0.00642. The lowest BCUT2D eigenvalue weighted by Gasteiger charge is -2.40. The number of hydrogen-bond acceptors (Lipinski definition) is 7. The normalized spacial score (nSPS) is 25.6. The van der Waals surface area contributed by atoms with Crippen LogP contribution in [-0.2, 0) is 27.6 Å². The van der Waals surface area contributed by atoms with Crippen LogP contribution in [0.25, 0.3) is 0 Å². The maximum Gasteiger partial charge on any atom is 0.330 e. The molecule has 1 heterocycles. The van der Waals surface area contributed by atoms with Crippen molar-refractivity contribution < 1.29 is 32.7 Å². The van der Waals surface area contributed by atoms with E-state index in [1.165, 1.54) is 6.92 Å². The molecule has 0 aromatic heterocycles. The van der Waals surface area contributed by atoms with Gasteiger partial charge in [-0.2, -0.15) is 0 Å². The van der Waals surface area contributed by atoms with Crippen molar-refractivity contribution in [3.8, 4) is 0 Å². The predicted molar refractivity (Wildman–Crippen MR) is 120 cm³/mol. The van der Waals surface area contributed by atoms with Gasteiger partial charge in [0.1, 0.15) is 12.7 Å². The molecular weight excluding hydrogens is 422 g/mol. The molecule has 1 aliphatic heterocycles. The SMILES string of the molecule is C=CC(=O)OCC(O)COCCC[Si]1(C)OCCCC[Si](C)(CCCNC(C)=O)O1. The Morgan fingerprint density at radius 2 is 2.00 bits per heavy atom. The summed E-state index contributed by atoms with van der Waals surface area (Å²) in [7, 11) is -4.19. The highest BCUT2D eigenvalue weighted by Crippen LogP contribution is 2.31. The third-order valence-corrected chi connectivity index (χ3v) is 13.6. The van der Waals surface area contributed by atoms with Crippen LogP contribution in [0.5, 0.6) is 0 Å². The van der Waals surface area contributed by atoms with Crippen molar-refractivity contribution in [2.24, 2.45) is 0 Å². The Morgan fingerprint density at radius 1 is 1.23 bits per heavy atom. The Hall–Kier alpha value is -1.05. The maximum atomic E-state index is 11.1. The molecule has 2 N–H and O–H groups in total. The maximum absolute atomic E-state index is 11.1. The smallest absolute Gasteiger partial charge is 0.330 e. The van der Waals surface area contributed by atoms with Gasteiger partial charge in [-0.15, -0.1) is 0 Å². The van der Waals surface area contributed by atoms with E-state index >= 15 is 0 Å². The minimum atomic E-state index is -2.30. The summed E-state index contributed by atoms with van der Waals surface area (Å²) in [5.41, 5.74) is 0. The second-order valence-corrected chi connectivity index (χ2v) is 16.0. The summed E-state index contributed by atoms with van der Waals surface area (Å²) in [4.78, 5) is 22.1. The summed E-state index contributed by atoms with van der Waals surface area (Å²) in [5.74, 6) is -0.553. The van der Waals surface area contributed by atoms with Crippen molar-refractivity contribution in [2.75, 3.05) is 33.0 Å². The third-order valence-electron chi connectivity index (χ3n) is 5.04. The Morgan fingerprint density at radius 3 is 2.70 bits per heavy atom. The average molecular weight is 462 g/mol. The summed E-state index contributed by atoms with van der Waals surface area (Å²) in [6.07, 6.45) is 4.12. The molecule has 174 valence electrons. The first kappa shape index (κ1) is 27.0. The zero-order valence-electron chi connectivity index (χ0n) is 18.7. The number of ether oxygens (including phenoxy) is 2. The van der Waals surface area contributed by atoms with Crippen molar-refractivity contribution in [3.63, 3.8) is 0 Å². The van der Waals surface area contributed by atoms with Crippen LogP contribution in [0.2, 0.25) is 31.2 Å². The molecule has 1 aliphatic rings. The van der Waals surface area contributed by atoms with Crippen molar-refractivity contribution in [3.05, 3.63) is 12.7 Å². The quantitative estimate of drug-likeness (QED) is 0.188. The molecular formula is C20H39NO7Si2. The monoisotopic (exact) mass is 461 g/mol. The zero-order chi connectivity index (χ0) is 22.5. The highest BCUT2D eigenvalue weighted by Gasteiger charge is 2.41. The Labute approximate surface area is 182 Å². The fraction of sp³-hybridized carbons (Fsp3) is 0.800. The van der Waals surface area contributed by atoms with E-state index in [-0.39, 0.29) is 19.1 Å². The molecule has 0 aromatic rings. The number of hydrogen-bond donors (Lipinski definition) is 2. The molecule has 1 fully saturated rings. The molecule has 1 rings (SSSR count). The topological polar surface area (TPSA) is 103 Å². The van der Waals surface area contributed by atoms with Crippen LogP contribution in [0.1, 0.15) is 32.6 Å². The van der Waals surface area contributed by atoms with E-state index in [9.17, 15) is 14.7 Å². The highest BCUT2D eigenvalue weighted by atomic mass is 28.4. The van der Waals surface area contributed by atoms with Crippen LogP contribution in [0, 0.1) is 0 Å². The van der Waals surface area contributed by atoms with Crippen molar-refractivity contribution in [1.82, 2.24) is 5.32 Å². The van der Waals surface area contributed by atoms with Gasteiger partial charge in [0.25, 0.3) is 0 Å². The van der Waals surface area contributed by atoms with Crippen molar-refractivity contribution >= 4 is 28.8 Å². The van der Waals surface area contributed by atoms with Gasteiger partial charge in [-0.3, -0.25) is 4.79 Å². The van der Waals surface area contributed by atoms with E-state index in [2.05, 4.69) is 25.0 Å². The zero-order valence-corrected chi connectivity index (χ0v) is 20.7. The molecule has 3 unspecified atom stereocenters. The fourth-order valence-electron chi connectivity index (χ4n) is 3.52. The van der Waals surface area contributed by atoms with Gasteiger partial charge in [-0.25, -0.2) is 4.79 Å². The van der Waals surface area contributed by atoms with E-state index < -0.39 is 29.0 Å². The lowest BCUT2D eigenvalue weighted by molar-refractivity contribution is -0.141. The molecule has 0 aromatic carbocycles. The van der Waals surface area contributed by atoms with Gasteiger partial charge >= 0.3 is 14.5 Å². The molecule has 1 saturated heterocycles. The van der Waals surface area contributed by atoms with Gasteiger partial charge in [-0.1, -0.05) is 13.0 Å². The number of esters is 1. The Kier molecular flexibility index (Phi) is 12.7. The van der Waals surface area contributed by atoms with E-state index in [0.29, 0.717) is 13.2 Å². The second-order valence-electron chi connectivity index (χ2n) is 8.24. The van der Waals surface area contributed by atoms with Crippen LogP contribution in [0.3, 0.4) is 0 Å². The summed E-state index contributed by atoms with van der Waals surface area (Å²) >= 11 is 0. The number of carbonyl (C=O) groups excluding carboxylic acids is 2. The van der Waals surface area contributed by atoms with Crippen molar-refractivity contribution in [2.45, 2.75) is 69.9 Å². The molecule has 10 heteroatoms. The molecule has 3 atom stereocenters. The lowest BCUT2D eigenvalue weighted by atomic mass is 10.4. The Balaban J connectivity index is 2.39. The predicted octanol–water partition coefficient (Wildman–Crippen LogP) is 2.48. The molecule has 0 spiro atoms. The molecule has 0 bridgehead atoms. The van der Waals surface area contributed by atoms with Crippen LogP contribution in [0.15, 0.2) is 12.7 Å². The van der Waals surface area contributed by atoms with Gasteiger partial charge in [0.15, 0.2) is 8.32 Å². The standard InChI is InChI=1S/C20H39NO7Si2/c1-5-20(24)26-17-19(23)16-25-11-9-15-30(4)27-12-6-7-13-29(3,28-30)14-8-10-21-18(2)22/h5,19,23H,1,6-17H2,2-4H3,(H,21,22). The second kappa shape index (κ2) is 14.1. The van der Waals surface area contributed by atoms with Gasteiger partial charge in [0.05, 0.1) is 6.61 Å². The average Bonchev–Trinajstić information content (AvgIpc) is 2.67. The lowest BCUT2D eigenvalue weighted by Crippen LogP contribution is -2.51. The third kappa shape index (κ3) is 12.0. The van der Waals surface area contributed by atoms with Gasteiger partial charge in [0, 0.05) is 32.8 Å². The van der Waals surface area contributed by atoms with Gasteiger partial charge in [0.2, 0.25) is 5.91 Å². The van der Waals surface area contributed by atoms with Crippen LogP contribution >= 0.6 is 0 Å². The number of nitrogens with one attached hydrogen (secondary N) is 1. The van der Waals surface area contributed by atoms with E-state index in [4.69, 9.17) is 18.0 Å². The first-order chi connectivity index (χ1) is 14.2. The fourth-order valence-corrected chi connectivity index (χ4v) is 12.8. The van der Waals surface area contributed by atoms with Crippen LogP contribution < -0.4 is 5.32 Å². The van der Waals surface area contributed by atoms with E-state index in [1.807, 2.05) is 0 Å². The number of rotatable bonds is 13. The summed E-state index contributed by atoms with van der Waals surface area (Å²) in [5, 5.41) is 12.6. The molecule has 0 saturated carbocycles.